The Bertz CT molecular complexity index is 773. The quantitative estimate of drug-likeness (QED) is 0.900. The van der Waals surface area contributed by atoms with E-state index in [-0.39, 0.29) is 23.7 Å². The lowest BCUT2D eigenvalue weighted by Crippen LogP contribution is -2.35. The number of benzene rings is 2. The van der Waals surface area contributed by atoms with Crippen molar-refractivity contribution in [1.29, 1.82) is 0 Å². The van der Waals surface area contributed by atoms with Crippen LogP contribution >= 0.6 is 0 Å². The van der Waals surface area contributed by atoms with Gasteiger partial charge in [0.2, 0.25) is 11.8 Å². The van der Waals surface area contributed by atoms with Gasteiger partial charge in [0.05, 0.1) is 5.92 Å². The van der Waals surface area contributed by atoms with E-state index in [0.717, 1.165) is 5.56 Å². The minimum absolute atomic E-state index is 0.0218. The summed E-state index contributed by atoms with van der Waals surface area (Å²) in [5.74, 6) is -0.0340. The fraction of sp³-hybridized carbons (Fsp3) is 0.364. The minimum Gasteiger partial charge on any atom is -0.352 e. The van der Waals surface area contributed by atoms with Crippen LogP contribution in [-0.2, 0) is 16.1 Å². The number of carbonyl (C=O) groups is 2. The van der Waals surface area contributed by atoms with Crippen LogP contribution in [0.1, 0.15) is 36.0 Å². The average molecular weight is 350 g/mol. The maximum atomic E-state index is 12.9. The van der Waals surface area contributed by atoms with Crippen molar-refractivity contribution in [3.05, 3.63) is 71.3 Å². The van der Waals surface area contributed by atoms with E-state index in [1.54, 1.807) is 0 Å². The minimum atomic E-state index is -0.213. The van der Waals surface area contributed by atoms with Crippen LogP contribution in [0.4, 0.5) is 0 Å². The van der Waals surface area contributed by atoms with Gasteiger partial charge >= 0.3 is 0 Å². The first kappa shape index (κ1) is 18.2. The van der Waals surface area contributed by atoms with Crippen molar-refractivity contribution in [1.82, 2.24) is 10.2 Å². The molecular weight excluding hydrogens is 324 g/mol. The van der Waals surface area contributed by atoms with Crippen molar-refractivity contribution in [2.75, 3.05) is 13.1 Å². The molecule has 1 saturated heterocycles. The van der Waals surface area contributed by atoms with Gasteiger partial charge in [-0.05, 0) is 23.6 Å². The highest BCUT2D eigenvalue weighted by molar-refractivity contribution is 5.83. The molecule has 0 aliphatic carbocycles. The van der Waals surface area contributed by atoms with Crippen molar-refractivity contribution in [2.45, 2.75) is 32.7 Å². The second-order valence-corrected chi connectivity index (χ2v) is 6.93. The predicted octanol–water partition coefficient (Wildman–Crippen LogP) is 3.26. The van der Waals surface area contributed by atoms with Gasteiger partial charge in [0, 0.05) is 32.0 Å². The molecule has 1 fully saturated rings. The van der Waals surface area contributed by atoms with Gasteiger partial charge in [-0.15, -0.1) is 0 Å². The van der Waals surface area contributed by atoms with E-state index < -0.39 is 0 Å². The molecule has 0 aromatic heterocycles. The highest BCUT2D eigenvalue weighted by atomic mass is 16.2. The topological polar surface area (TPSA) is 49.4 Å². The SMILES string of the molecule is CCC(=O)N1CC(C(=O)NCc2ccccc2)C(c2ccccc2C)C1. The van der Waals surface area contributed by atoms with Crippen molar-refractivity contribution < 1.29 is 9.59 Å². The number of hydrogen-bond acceptors (Lipinski definition) is 2. The Labute approximate surface area is 155 Å². The van der Waals surface area contributed by atoms with Gasteiger partial charge in [-0.2, -0.15) is 0 Å². The van der Waals surface area contributed by atoms with Crippen LogP contribution in [0.3, 0.4) is 0 Å². The summed E-state index contributed by atoms with van der Waals surface area (Å²) in [6, 6.07) is 18.1. The number of nitrogens with one attached hydrogen (secondary N) is 1. The number of aryl methyl sites for hydroxylation is 1. The first-order chi connectivity index (χ1) is 12.6. The lowest BCUT2D eigenvalue weighted by molar-refractivity contribution is -0.130. The standard InChI is InChI=1S/C22H26N2O2/c1-3-21(25)24-14-19(18-12-8-7-9-16(18)2)20(15-24)22(26)23-13-17-10-5-4-6-11-17/h4-12,19-20H,3,13-15H2,1-2H3,(H,23,26). The van der Waals surface area contributed by atoms with Crippen LogP contribution in [0.15, 0.2) is 54.6 Å². The first-order valence-corrected chi connectivity index (χ1v) is 9.25. The first-order valence-electron chi connectivity index (χ1n) is 9.25. The zero-order valence-corrected chi connectivity index (χ0v) is 15.4. The van der Waals surface area contributed by atoms with Gasteiger partial charge in [-0.3, -0.25) is 9.59 Å². The van der Waals surface area contributed by atoms with Crippen LogP contribution in [0, 0.1) is 12.8 Å². The van der Waals surface area contributed by atoms with E-state index >= 15 is 0 Å². The Balaban J connectivity index is 1.78. The number of likely N-dealkylation sites (tertiary alicyclic amines) is 1. The van der Waals surface area contributed by atoms with Crippen molar-refractivity contribution >= 4 is 11.8 Å². The largest absolute Gasteiger partial charge is 0.352 e. The third-order valence-electron chi connectivity index (χ3n) is 5.21. The molecular formula is C22H26N2O2. The molecule has 2 aromatic rings. The van der Waals surface area contributed by atoms with Gasteiger partial charge < -0.3 is 10.2 Å². The van der Waals surface area contributed by atoms with Crippen LogP contribution in [0.25, 0.3) is 0 Å². The van der Waals surface area contributed by atoms with Gasteiger partial charge in [-0.25, -0.2) is 0 Å². The Morgan fingerprint density at radius 1 is 1.04 bits per heavy atom. The molecule has 26 heavy (non-hydrogen) atoms. The van der Waals surface area contributed by atoms with Gasteiger partial charge in [0.15, 0.2) is 0 Å². The summed E-state index contributed by atoms with van der Waals surface area (Å²) in [7, 11) is 0. The molecule has 136 valence electrons. The summed E-state index contributed by atoms with van der Waals surface area (Å²) in [6.45, 7) is 5.55. The van der Waals surface area contributed by atoms with Crippen molar-refractivity contribution in [2.24, 2.45) is 5.92 Å². The molecule has 1 heterocycles. The fourth-order valence-electron chi connectivity index (χ4n) is 3.73. The van der Waals surface area contributed by atoms with Gasteiger partial charge in [0.25, 0.3) is 0 Å². The molecule has 1 N–H and O–H groups in total. The third-order valence-corrected chi connectivity index (χ3v) is 5.21. The summed E-state index contributed by atoms with van der Waals surface area (Å²) >= 11 is 0. The summed E-state index contributed by atoms with van der Waals surface area (Å²) in [5, 5.41) is 3.06. The lowest BCUT2D eigenvalue weighted by atomic mass is 9.86. The maximum Gasteiger partial charge on any atom is 0.225 e. The Morgan fingerprint density at radius 3 is 2.42 bits per heavy atom. The number of rotatable bonds is 5. The van der Waals surface area contributed by atoms with E-state index in [4.69, 9.17) is 0 Å². The number of nitrogens with zero attached hydrogens (tertiary/aromatic N) is 1. The summed E-state index contributed by atoms with van der Waals surface area (Å²) in [5.41, 5.74) is 3.41. The molecule has 2 atom stereocenters. The summed E-state index contributed by atoms with van der Waals surface area (Å²) in [4.78, 5) is 27.0. The van der Waals surface area contributed by atoms with E-state index in [9.17, 15) is 9.59 Å². The third kappa shape index (κ3) is 3.96. The summed E-state index contributed by atoms with van der Waals surface area (Å²) < 4.78 is 0. The Hall–Kier alpha value is -2.62. The van der Waals surface area contributed by atoms with Crippen LogP contribution in [-0.4, -0.2) is 29.8 Å². The molecule has 1 aliphatic rings. The number of carbonyl (C=O) groups excluding carboxylic acids is 2. The fourth-order valence-corrected chi connectivity index (χ4v) is 3.73. The zero-order valence-electron chi connectivity index (χ0n) is 15.4. The molecule has 4 heteroatoms. The Morgan fingerprint density at radius 2 is 1.73 bits per heavy atom. The molecule has 2 unspecified atom stereocenters. The molecule has 4 nitrogen and oxygen atoms in total. The monoisotopic (exact) mass is 350 g/mol. The van der Waals surface area contributed by atoms with E-state index in [1.165, 1.54) is 11.1 Å². The predicted molar refractivity (Wildman–Crippen MR) is 103 cm³/mol. The second-order valence-electron chi connectivity index (χ2n) is 6.93. The molecule has 0 saturated carbocycles. The highest BCUT2D eigenvalue weighted by Crippen LogP contribution is 2.35. The van der Waals surface area contributed by atoms with Gasteiger partial charge in [-0.1, -0.05) is 61.5 Å². The summed E-state index contributed by atoms with van der Waals surface area (Å²) in [6.07, 6.45) is 0.471. The maximum absolute atomic E-state index is 12.9. The Kier molecular flexibility index (Phi) is 5.71. The lowest BCUT2D eigenvalue weighted by Gasteiger charge is -2.20. The van der Waals surface area contributed by atoms with Crippen LogP contribution < -0.4 is 5.32 Å². The van der Waals surface area contributed by atoms with E-state index in [2.05, 4.69) is 24.4 Å². The molecule has 2 amide bonds. The molecule has 3 rings (SSSR count). The number of hydrogen-bond donors (Lipinski definition) is 1. The average Bonchev–Trinajstić information content (AvgIpc) is 3.12. The van der Waals surface area contributed by atoms with Crippen LogP contribution in [0.5, 0.6) is 0 Å². The van der Waals surface area contributed by atoms with E-state index in [0.29, 0.717) is 26.1 Å². The number of amides is 2. The molecule has 2 aromatic carbocycles. The van der Waals surface area contributed by atoms with E-state index in [1.807, 2.05) is 54.3 Å². The van der Waals surface area contributed by atoms with Gasteiger partial charge in [0.1, 0.15) is 0 Å². The second kappa shape index (κ2) is 8.17. The van der Waals surface area contributed by atoms with Crippen LogP contribution in [0.2, 0.25) is 0 Å². The molecule has 0 radical (unpaired) electrons. The molecule has 1 aliphatic heterocycles. The molecule has 0 bridgehead atoms. The zero-order chi connectivity index (χ0) is 18.5. The molecule has 0 spiro atoms. The highest BCUT2D eigenvalue weighted by Gasteiger charge is 2.40. The van der Waals surface area contributed by atoms with Crippen molar-refractivity contribution in [3.8, 4) is 0 Å². The van der Waals surface area contributed by atoms with Crippen molar-refractivity contribution in [3.63, 3.8) is 0 Å². The smallest absolute Gasteiger partial charge is 0.225 e. The normalized spacial score (nSPS) is 19.4.